The highest BCUT2D eigenvalue weighted by Crippen LogP contribution is 2.47. The fourth-order valence-electron chi connectivity index (χ4n) is 3.99. The molecule has 0 aromatic rings. The first-order chi connectivity index (χ1) is 8.67. The van der Waals surface area contributed by atoms with E-state index in [4.69, 9.17) is 4.74 Å². The van der Waals surface area contributed by atoms with Crippen molar-refractivity contribution in [2.24, 2.45) is 5.41 Å². The molecule has 0 aromatic heterocycles. The zero-order chi connectivity index (χ0) is 12.6. The van der Waals surface area contributed by atoms with Crippen LogP contribution < -0.4 is 0 Å². The van der Waals surface area contributed by atoms with E-state index >= 15 is 0 Å². The minimum Gasteiger partial charge on any atom is -0.480 e. The quantitative estimate of drug-likeness (QED) is 0.816. The van der Waals surface area contributed by atoms with Gasteiger partial charge in [0.1, 0.15) is 5.54 Å². The summed E-state index contributed by atoms with van der Waals surface area (Å²) in [6.45, 7) is 3.66. The lowest BCUT2D eigenvalue weighted by molar-refractivity contribution is -0.175. The topological polar surface area (TPSA) is 49.8 Å². The Morgan fingerprint density at radius 1 is 1.00 bits per heavy atom. The molecule has 4 heteroatoms. The van der Waals surface area contributed by atoms with Gasteiger partial charge in [-0.25, -0.2) is 0 Å². The molecule has 1 N–H and O–H groups in total. The second kappa shape index (κ2) is 4.49. The Labute approximate surface area is 108 Å². The number of ether oxygens (including phenoxy) is 1. The van der Waals surface area contributed by atoms with Gasteiger partial charge in [-0.05, 0) is 25.7 Å². The van der Waals surface area contributed by atoms with E-state index in [0.29, 0.717) is 5.41 Å². The van der Waals surface area contributed by atoms with Crippen molar-refractivity contribution >= 4 is 5.97 Å². The minimum absolute atomic E-state index is 0.373. The maximum Gasteiger partial charge on any atom is 0.324 e. The molecule has 18 heavy (non-hydrogen) atoms. The average molecular weight is 253 g/mol. The first-order valence-corrected chi connectivity index (χ1v) is 7.23. The third-order valence-electron chi connectivity index (χ3n) is 5.29. The minimum atomic E-state index is -0.593. The Morgan fingerprint density at radius 3 is 2.17 bits per heavy atom. The van der Waals surface area contributed by atoms with Gasteiger partial charge < -0.3 is 9.84 Å². The van der Waals surface area contributed by atoms with Gasteiger partial charge in [0.25, 0.3) is 0 Å². The Hall–Kier alpha value is -0.610. The third kappa shape index (κ3) is 1.86. The van der Waals surface area contributed by atoms with Gasteiger partial charge >= 0.3 is 5.97 Å². The number of aliphatic carboxylic acids is 1. The molecule has 3 rings (SSSR count). The summed E-state index contributed by atoms with van der Waals surface area (Å²) in [6, 6.07) is 0. The summed E-state index contributed by atoms with van der Waals surface area (Å²) in [5, 5.41) is 9.64. The van der Waals surface area contributed by atoms with Crippen LogP contribution in [0.4, 0.5) is 0 Å². The van der Waals surface area contributed by atoms with E-state index in [-0.39, 0.29) is 0 Å². The van der Waals surface area contributed by atoms with Crippen LogP contribution >= 0.6 is 0 Å². The monoisotopic (exact) mass is 253 g/mol. The highest BCUT2D eigenvalue weighted by Gasteiger charge is 2.55. The van der Waals surface area contributed by atoms with Gasteiger partial charge in [0.2, 0.25) is 0 Å². The second-order valence-corrected chi connectivity index (χ2v) is 6.37. The summed E-state index contributed by atoms with van der Waals surface area (Å²) >= 11 is 0. The molecule has 0 aromatic carbocycles. The summed E-state index contributed by atoms with van der Waals surface area (Å²) < 4.78 is 5.42. The van der Waals surface area contributed by atoms with Crippen molar-refractivity contribution < 1.29 is 14.6 Å². The van der Waals surface area contributed by atoms with Gasteiger partial charge in [0.05, 0.1) is 0 Å². The standard InChI is InChI=1S/C14H23NO3/c16-12(17)14(4-2-1-3-5-14)15-10-13(11-15)6-8-18-9-7-13/h1-11H2,(H,16,17). The molecule has 0 amide bonds. The molecular weight excluding hydrogens is 230 g/mol. The summed E-state index contributed by atoms with van der Waals surface area (Å²) in [5.41, 5.74) is -0.167. The molecule has 3 aliphatic rings. The molecule has 0 unspecified atom stereocenters. The molecule has 1 aliphatic carbocycles. The van der Waals surface area contributed by atoms with Crippen LogP contribution in [0.1, 0.15) is 44.9 Å². The van der Waals surface area contributed by atoms with Crippen LogP contribution in [0.2, 0.25) is 0 Å². The van der Waals surface area contributed by atoms with E-state index in [1.165, 1.54) is 6.42 Å². The Kier molecular flexibility index (Phi) is 3.10. The molecule has 0 bridgehead atoms. The van der Waals surface area contributed by atoms with E-state index in [1.807, 2.05) is 0 Å². The normalized spacial score (nSPS) is 30.9. The van der Waals surface area contributed by atoms with E-state index in [1.54, 1.807) is 0 Å². The predicted octanol–water partition coefficient (Wildman–Crippen LogP) is 1.89. The number of hydrogen-bond acceptors (Lipinski definition) is 3. The van der Waals surface area contributed by atoms with Crippen molar-refractivity contribution in [3.63, 3.8) is 0 Å². The van der Waals surface area contributed by atoms with Crippen molar-refractivity contribution in [1.29, 1.82) is 0 Å². The van der Waals surface area contributed by atoms with Crippen LogP contribution in [-0.4, -0.2) is 47.8 Å². The molecule has 2 saturated heterocycles. The van der Waals surface area contributed by atoms with Crippen LogP contribution in [0.15, 0.2) is 0 Å². The van der Waals surface area contributed by atoms with Gasteiger partial charge in [-0.15, -0.1) is 0 Å². The van der Waals surface area contributed by atoms with Gasteiger partial charge in [0, 0.05) is 31.7 Å². The van der Waals surface area contributed by atoms with Crippen molar-refractivity contribution in [2.45, 2.75) is 50.5 Å². The lowest BCUT2D eigenvalue weighted by Gasteiger charge is -2.59. The van der Waals surface area contributed by atoms with Crippen LogP contribution in [0.5, 0.6) is 0 Å². The van der Waals surface area contributed by atoms with E-state index in [9.17, 15) is 9.90 Å². The summed E-state index contributed by atoms with van der Waals surface area (Å²) in [7, 11) is 0. The van der Waals surface area contributed by atoms with Crippen LogP contribution in [-0.2, 0) is 9.53 Å². The highest BCUT2D eigenvalue weighted by atomic mass is 16.5. The number of likely N-dealkylation sites (tertiary alicyclic amines) is 1. The lowest BCUT2D eigenvalue weighted by atomic mass is 9.68. The van der Waals surface area contributed by atoms with Crippen molar-refractivity contribution in [3.8, 4) is 0 Å². The molecule has 102 valence electrons. The fraction of sp³-hybridized carbons (Fsp3) is 0.929. The summed E-state index contributed by atoms with van der Waals surface area (Å²) in [5.74, 6) is -0.593. The Balaban J connectivity index is 1.69. The molecule has 4 nitrogen and oxygen atoms in total. The maximum atomic E-state index is 11.7. The third-order valence-corrected chi connectivity index (χ3v) is 5.29. The lowest BCUT2D eigenvalue weighted by Crippen LogP contribution is -2.69. The zero-order valence-corrected chi connectivity index (χ0v) is 11.0. The van der Waals surface area contributed by atoms with E-state index < -0.39 is 11.5 Å². The zero-order valence-electron chi connectivity index (χ0n) is 11.0. The van der Waals surface area contributed by atoms with Crippen molar-refractivity contribution in [3.05, 3.63) is 0 Å². The van der Waals surface area contributed by atoms with Gasteiger partial charge in [-0.1, -0.05) is 19.3 Å². The predicted molar refractivity (Wildman–Crippen MR) is 67.5 cm³/mol. The first kappa shape index (κ1) is 12.4. The molecule has 0 atom stereocenters. The highest BCUT2D eigenvalue weighted by molar-refractivity contribution is 5.79. The Bertz CT molecular complexity index is 322. The second-order valence-electron chi connectivity index (χ2n) is 6.37. The number of carboxylic acids is 1. The molecular formula is C14H23NO3. The van der Waals surface area contributed by atoms with Crippen molar-refractivity contribution in [1.82, 2.24) is 4.90 Å². The molecule has 2 aliphatic heterocycles. The molecule has 1 spiro atoms. The van der Waals surface area contributed by atoms with Crippen molar-refractivity contribution in [2.75, 3.05) is 26.3 Å². The molecule has 3 fully saturated rings. The van der Waals surface area contributed by atoms with E-state index in [2.05, 4.69) is 4.90 Å². The molecule has 0 radical (unpaired) electrons. The molecule has 1 saturated carbocycles. The molecule has 2 heterocycles. The van der Waals surface area contributed by atoms with Gasteiger partial charge in [-0.2, -0.15) is 0 Å². The summed E-state index contributed by atoms with van der Waals surface area (Å²) in [6.07, 6.45) is 7.24. The largest absolute Gasteiger partial charge is 0.480 e. The smallest absolute Gasteiger partial charge is 0.324 e. The first-order valence-electron chi connectivity index (χ1n) is 7.23. The van der Waals surface area contributed by atoms with Crippen LogP contribution in [0.3, 0.4) is 0 Å². The summed E-state index contributed by atoms with van der Waals surface area (Å²) in [4.78, 5) is 14.0. The Morgan fingerprint density at radius 2 is 1.61 bits per heavy atom. The van der Waals surface area contributed by atoms with Gasteiger partial charge in [0.15, 0.2) is 0 Å². The average Bonchev–Trinajstić information content (AvgIpc) is 2.37. The number of carboxylic acid groups (broad SMARTS) is 1. The number of hydrogen-bond donors (Lipinski definition) is 1. The number of rotatable bonds is 2. The van der Waals surface area contributed by atoms with E-state index in [0.717, 1.165) is 64.8 Å². The van der Waals surface area contributed by atoms with Crippen LogP contribution in [0, 0.1) is 5.41 Å². The number of nitrogens with zero attached hydrogens (tertiary/aromatic N) is 1. The number of carbonyl (C=O) groups is 1. The van der Waals surface area contributed by atoms with Crippen LogP contribution in [0.25, 0.3) is 0 Å². The SMILES string of the molecule is O=C(O)C1(N2CC3(CCOCC3)C2)CCCCC1. The maximum absolute atomic E-state index is 11.7. The van der Waals surface area contributed by atoms with Gasteiger partial charge in [-0.3, -0.25) is 9.69 Å². The fourth-order valence-corrected chi connectivity index (χ4v) is 3.99.